The number of hydrogen-bond donors (Lipinski definition) is 2. The first-order chi connectivity index (χ1) is 9.59. The minimum absolute atomic E-state index is 0.411. The van der Waals surface area contributed by atoms with E-state index in [1.165, 1.54) is 0 Å². The smallest absolute Gasteiger partial charge is 0.123 e. The van der Waals surface area contributed by atoms with Gasteiger partial charge in [-0.05, 0) is 31.4 Å². The molecule has 20 heavy (non-hydrogen) atoms. The average Bonchev–Trinajstić information content (AvgIpc) is 2.85. The van der Waals surface area contributed by atoms with Crippen LogP contribution >= 0.6 is 0 Å². The molecule has 3 heteroatoms. The fourth-order valence-electron chi connectivity index (χ4n) is 2.68. The molecule has 1 saturated carbocycles. The highest BCUT2D eigenvalue weighted by atomic mass is 16.5. The number of hydrogen-bond acceptors (Lipinski definition) is 3. The van der Waals surface area contributed by atoms with Gasteiger partial charge in [0.15, 0.2) is 0 Å². The van der Waals surface area contributed by atoms with Crippen LogP contribution in [-0.2, 0) is 6.54 Å². The second-order valence-electron chi connectivity index (χ2n) is 6.35. The van der Waals surface area contributed by atoms with Crippen molar-refractivity contribution in [1.82, 2.24) is 5.32 Å². The molecule has 1 aromatic rings. The lowest BCUT2D eigenvalue weighted by molar-refractivity contribution is 0.00111. The molecule has 0 amide bonds. The summed E-state index contributed by atoms with van der Waals surface area (Å²) in [6.45, 7) is 6.62. The highest BCUT2D eigenvalue weighted by Crippen LogP contribution is 2.30. The molecule has 112 valence electrons. The van der Waals surface area contributed by atoms with Gasteiger partial charge in [0, 0.05) is 12.1 Å². The molecule has 1 aromatic carbocycles. The molecule has 2 N–H and O–H groups in total. The number of nitrogens with one attached hydrogen (secondary N) is 1. The molecule has 1 aliphatic rings. The minimum atomic E-state index is -0.613. The first-order valence-electron chi connectivity index (χ1n) is 7.73. The fourth-order valence-corrected chi connectivity index (χ4v) is 2.68. The van der Waals surface area contributed by atoms with E-state index >= 15 is 0 Å². The van der Waals surface area contributed by atoms with Crippen molar-refractivity contribution in [2.45, 2.75) is 51.7 Å². The van der Waals surface area contributed by atoms with Crippen molar-refractivity contribution in [1.29, 1.82) is 0 Å². The standard InChI is InChI=1S/C17H27NO2/c1-14(2)11-18-12-15-7-3-4-8-16(15)20-13-17(19)9-5-6-10-17/h3-4,7-8,14,18-19H,5-6,9-13H2,1-2H3. The number of ether oxygens (including phenoxy) is 1. The molecule has 0 unspecified atom stereocenters. The van der Waals surface area contributed by atoms with E-state index in [1.54, 1.807) is 0 Å². The largest absolute Gasteiger partial charge is 0.490 e. The van der Waals surface area contributed by atoms with Gasteiger partial charge < -0.3 is 15.2 Å². The topological polar surface area (TPSA) is 41.5 Å². The second kappa shape index (κ2) is 7.09. The predicted molar refractivity (Wildman–Crippen MR) is 81.9 cm³/mol. The summed E-state index contributed by atoms with van der Waals surface area (Å²) in [6, 6.07) is 8.09. The lowest BCUT2D eigenvalue weighted by Gasteiger charge is -2.23. The Morgan fingerprint density at radius 2 is 1.95 bits per heavy atom. The van der Waals surface area contributed by atoms with E-state index < -0.39 is 5.60 Å². The summed E-state index contributed by atoms with van der Waals surface area (Å²) < 4.78 is 5.89. The Bertz CT molecular complexity index is 411. The van der Waals surface area contributed by atoms with E-state index in [1.807, 2.05) is 18.2 Å². The Labute approximate surface area is 122 Å². The van der Waals surface area contributed by atoms with E-state index in [0.717, 1.165) is 50.1 Å². The molecule has 0 aromatic heterocycles. The molecule has 0 spiro atoms. The lowest BCUT2D eigenvalue weighted by atomic mass is 10.0. The maximum absolute atomic E-state index is 10.4. The van der Waals surface area contributed by atoms with Gasteiger partial charge in [0.05, 0.1) is 5.60 Å². The normalized spacial score (nSPS) is 17.6. The summed E-state index contributed by atoms with van der Waals surface area (Å²) >= 11 is 0. The van der Waals surface area contributed by atoms with E-state index in [9.17, 15) is 5.11 Å². The zero-order valence-electron chi connectivity index (χ0n) is 12.7. The van der Waals surface area contributed by atoms with E-state index in [4.69, 9.17) is 4.74 Å². The summed E-state index contributed by atoms with van der Waals surface area (Å²) in [5, 5.41) is 13.8. The van der Waals surface area contributed by atoms with Crippen molar-refractivity contribution < 1.29 is 9.84 Å². The van der Waals surface area contributed by atoms with E-state index in [0.29, 0.717) is 12.5 Å². The van der Waals surface area contributed by atoms with Crippen LogP contribution in [0, 0.1) is 5.92 Å². The third-order valence-electron chi connectivity index (χ3n) is 3.87. The maximum atomic E-state index is 10.4. The molecule has 3 nitrogen and oxygen atoms in total. The molecule has 1 aliphatic carbocycles. The minimum Gasteiger partial charge on any atom is -0.490 e. The van der Waals surface area contributed by atoms with Crippen molar-refractivity contribution in [2.75, 3.05) is 13.2 Å². The van der Waals surface area contributed by atoms with Crippen molar-refractivity contribution in [2.24, 2.45) is 5.92 Å². The van der Waals surface area contributed by atoms with Crippen LogP contribution in [-0.4, -0.2) is 23.9 Å². The number of para-hydroxylation sites is 1. The number of rotatable bonds is 7. The summed E-state index contributed by atoms with van der Waals surface area (Å²) in [6.07, 6.45) is 3.94. The van der Waals surface area contributed by atoms with Crippen LogP contribution in [0.25, 0.3) is 0 Å². The van der Waals surface area contributed by atoms with Crippen LogP contribution in [0.15, 0.2) is 24.3 Å². The van der Waals surface area contributed by atoms with Gasteiger partial charge in [-0.25, -0.2) is 0 Å². The Kier molecular flexibility index (Phi) is 5.44. The van der Waals surface area contributed by atoms with Gasteiger partial charge in [-0.1, -0.05) is 44.9 Å². The summed E-state index contributed by atoms with van der Waals surface area (Å²) in [5.74, 6) is 1.53. The molecular weight excluding hydrogens is 250 g/mol. The molecule has 1 fully saturated rings. The SMILES string of the molecule is CC(C)CNCc1ccccc1OCC1(O)CCCC1. The zero-order chi connectivity index (χ0) is 14.4. The molecule has 0 atom stereocenters. The van der Waals surface area contributed by atoms with Crippen LogP contribution in [0.4, 0.5) is 0 Å². The average molecular weight is 277 g/mol. The van der Waals surface area contributed by atoms with Crippen molar-refractivity contribution in [3.05, 3.63) is 29.8 Å². The first kappa shape index (κ1) is 15.3. The Morgan fingerprint density at radius 1 is 1.25 bits per heavy atom. The monoisotopic (exact) mass is 277 g/mol. The van der Waals surface area contributed by atoms with Crippen LogP contribution in [0.5, 0.6) is 5.75 Å². The Morgan fingerprint density at radius 3 is 2.65 bits per heavy atom. The quantitative estimate of drug-likeness (QED) is 0.804. The van der Waals surface area contributed by atoms with Crippen LogP contribution in [0.2, 0.25) is 0 Å². The van der Waals surface area contributed by atoms with Crippen molar-refractivity contribution in [3.8, 4) is 5.75 Å². The Balaban J connectivity index is 1.90. The molecule has 2 rings (SSSR count). The molecular formula is C17H27NO2. The molecule has 0 radical (unpaired) electrons. The summed E-state index contributed by atoms with van der Waals surface area (Å²) in [5.41, 5.74) is 0.549. The highest BCUT2D eigenvalue weighted by Gasteiger charge is 2.32. The lowest BCUT2D eigenvalue weighted by Crippen LogP contribution is -2.32. The number of aliphatic hydroxyl groups is 1. The number of benzene rings is 1. The third kappa shape index (κ3) is 4.50. The third-order valence-corrected chi connectivity index (χ3v) is 3.87. The van der Waals surface area contributed by atoms with Gasteiger partial charge in [0.1, 0.15) is 12.4 Å². The summed E-state index contributed by atoms with van der Waals surface area (Å²) in [7, 11) is 0. The first-order valence-corrected chi connectivity index (χ1v) is 7.73. The predicted octanol–water partition coefficient (Wildman–Crippen LogP) is 3.12. The van der Waals surface area contributed by atoms with Crippen molar-refractivity contribution >= 4 is 0 Å². The zero-order valence-corrected chi connectivity index (χ0v) is 12.7. The van der Waals surface area contributed by atoms with Gasteiger partial charge in [-0.15, -0.1) is 0 Å². The van der Waals surface area contributed by atoms with Gasteiger partial charge >= 0.3 is 0 Å². The van der Waals surface area contributed by atoms with Crippen LogP contribution < -0.4 is 10.1 Å². The van der Waals surface area contributed by atoms with Gasteiger partial charge in [-0.3, -0.25) is 0 Å². The maximum Gasteiger partial charge on any atom is 0.123 e. The second-order valence-corrected chi connectivity index (χ2v) is 6.35. The van der Waals surface area contributed by atoms with Crippen molar-refractivity contribution in [3.63, 3.8) is 0 Å². The van der Waals surface area contributed by atoms with Crippen LogP contribution in [0.3, 0.4) is 0 Å². The van der Waals surface area contributed by atoms with Crippen LogP contribution in [0.1, 0.15) is 45.1 Å². The fraction of sp³-hybridized carbons (Fsp3) is 0.647. The highest BCUT2D eigenvalue weighted by molar-refractivity contribution is 5.33. The van der Waals surface area contributed by atoms with E-state index in [-0.39, 0.29) is 0 Å². The van der Waals surface area contributed by atoms with Gasteiger partial charge in [0.2, 0.25) is 0 Å². The Hall–Kier alpha value is -1.06. The van der Waals surface area contributed by atoms with Gasteiger partial charge in [-0.2, -0.15) is 0 Å². The van der Waals surface area contributed by atoms with Gasteiger partial charge in [0.25, 0.3) is 0 Å². The molecule has 0 saturated heterocycles. The summed E-state index contributed by atoms with van der Waals surface area (Å²) in [4.78, 5) is 0. The molecule has 0 aliphatic heterocycles. The molecule has 0 heterocycles. The molecule has 0 bridgehead atoms. The van der Waals surface area contributed by atoms with E-state index in [2.05, 4.69) is 25.2 Å².